The van der Waals surface area contributed by atoms with Crippen LogP contribution in [0.15, 0.2) is 29.2 Å². The van der Waals surface area contributed by atoms with E-state index in [9.17, 15) is 13.0 Å². The van der Waals surface area contributed by atoms with Crippen molar-refractivity contribution in [2.75, 3.05) is 0 Å². The molecule has 0 fully saturated rings. The predicted molar refractivity (Wildman–Crippen MR) is 96.0 cm³/mol. The van der Waals surface area contributed by atoms with Gasteiger partial charge in [0.2, 0.25) is 0 Å². The quantitative estimate of drug-likeness (QED) is 0.756. The minimum atomic E-state index is -4.20. The van der Waals surface area contributed by atoms with Gasteiger partial charge in [0.05, 0.1) is 4.90 Å². The number of fused-ring (bicyclic) bond motifs is 1. The van der Waals surface area contributed by atoms with E-state index in [2.05, 4.69) is 47.6 Å². The molecular weight excluding hydrogens is 308 g/mol. The Labute approximate surface area is 139 Å². The summed E-state index contributed by atoms with van der Waals surface area (Å²) in [5, 5.41) is 1.94. The van der Waals surface area contributed by atoms with Crippen LogP contribution in [-0.4, -0.2) is 13.0 Å². The molecule has 0 unspecified atom stereocenters. The maximum Gasteiger partial charge on any atom is 0.294 e. The molecule has 126 valence electrons. The summed E-state index contributed by atoms with van der Waals surface area (Å²) in [4.78, 5) is -0.0427. The second-order valence-corrected chi connectivity index (χ2v) is 8.54. The molecule has 0 saturated carbocycles. The summed E-state index contributed by atoms with van der Waals surface area (Å²) in [6.07, 6.45) is 0. The molecular formula is C19H26O3S. The zero-order valence-electron chi connectivity index (χ0n) is 14.7. The third-order valence-electron chi connectivity index (χ3n) is 4.30. The molecule has 23 heavy (non-hydrogen) atoms. The zero-order chi connectivity index (χ0) is 17.5. The van der Waals surface area contributed by atoms with Crippen molar-refractivity contribution in [2.45, 2.75) is 64.2 Å². The molecule has 4 heteroatoms. The molecule has 0 saturated heterocycles. The molecule has 0 radical (unpaired) electrons. The van der Waals surface area contributed by atoms with Crippen molar-refractivity contribution in [1.29, 1.82) is 0 Å². The third kappa shape index (κ3) is 3.43. The Morgan fingerprint density at radius 2 is 1.39 bits per heavy atom. The minimum absolute atomic E-state index is 0.0427. The summed E-state index contributed by atoms with van der Waals surface area (Å²) in [6.45, 7) is 13.0. The van der Waals surface area contributed by atoms with Gasteiger partial charge in [-0.3, -0.25) is 4.55 Å². The van der Waals surface area contributed by atoms with E-state index in [0.29, 0.717) is 11.8 Å². The lowest BCUT2D eigenvalue weighted by Gasteiger charge is -2.25. The van der Waals surface area contributed by atoms with Crippen molar-refractivity contribution >= 4 is 20.9 Å². The maximum absolute atomic E-state index is 11.5. The van der Waals surface area contributed by atoms with Gasteiger partial charge in [-0.25, -0.2) is 0 Å². The van der Waals surface area contributed by atoms with Gasteiger partial charge in [0.25, 0.3) is 10.1 Å². The van der Waals surface area contributed by atoms with Crippen LogP contribution in [0.25, 0.3) is 10.8 Å². The summed E-state index contributed by atoms with van der Waals surface area (Å²) >= 11 is 0. The van der Waals surface area contributed by atoms with Crippen molar-refractivity contribution in [2.24, 2.45) is 0 Å². The number of hydrogen-bond acceptors (Lipinski definition) is 2. The second-order valence-electron chi connectivity index (χ2n) is 7.12. The summed E-state index contributed by atoms with van der Waals surface area (Å²) in [7, 11) is -4.20. The average molecular weight is 334 g/mol. The molecule has 0 aromatic heterocycles. The molecule has 2 rings (SSSR count). The van der Waals surface area contributed by atoms with E-state index in [1.807, 2.05) is 0 Å². The molecule has 0 aliphatic heterocycles. The molecule has 0 atom stereocenters. The Bertz CT molecular complexity index is 831. The van der Waals surface area contributed by atoms with Gasteiger partial charge in [-0.2, -0.15) is 8.42 Å². The lowest BCUT2D eigenvalue weighted by atomic mass is 9.80. The summed E-state index contributed by atoms with van der Waals surface area (Å²) < 4.78 is 32.4. The number of hydrogen-bond donors (Lipinski definition) is 1. The van der Waals surface area contributed by atoms with Gasteiger partial charge in [0.1, 0.15) is 0 Å². The standard InChI is InChI=1S/C19H26O3S/c1-11(2)16-9-14-7-8-15(23(20,21)22)10-17(14)19(13(5)6)18(16)12(3)4/h7-13H,1-6H3,(H,20,21,22). The Morgan fingerprint density at radius 1 is 0.826 bits per heavy atom. The van der Waals surface area contributed by atoms with Gasteiger partial charge in [0, 0.05) is 0 Å². The van der Waals surface area contributed by atoms with Crippen LogP contribution in [0.4, 0.5) is 0 Å². The fourth-order valence-electron chi connectivity index (χ4n) is 3.34. The van der Waals surface area contributed by atoms with E-state index in [1.165, 1.54) is 22.8 Å². The van der Waals surface area contributed by atoms with Crippen LogP contribution in [0.1, 0.15) is 76.0 Å². The summed E-state index contributed by atoms with van der Waals surface area (Å²) in [5.41, 5.74) is 3.80. The topological polar surface area (TPSA) is 54.4 Å². The Hall–Kier alpha value is -1.39. The van der Waals surface area contributed by atoms with E-state index in [0.717, 1.165) is 10.8 Å². The molecule has 1 N–H and O–H groups in total. The Balaban J connectivity index is 2.99. The lowest BCUT2D eigenvalue weighted by Crippen LogP contribution is -2.07. The molecule has 2 aromatic rings. The first-order valence-corrected chi connectivity index (χ1v) is 9.56. The van der Waals surface area contributed by atoms with Crippen LogP contribution in [-0.2, 0) is 10.1 Å². The number of rotatable bonds is 4. The number of benzene rings is 2. The predicted octanol–water partition coefficient (Wildman–Crippen LogP) is 5.46. The van der Waals surface area contributed by atoms with E-state index in [1.54, 1.807) is 12.1 Å². The van der Waals surface area contributed by atoms with Crippen LogP contribution in [0.2, 0.25) is 0 Å². The van der Waals surface area contributed by atoms with E-state index in [4.69, 9.17) is 0 Å². The summed E-state index contributed by atoms with van der Waals surface area (Å²) in [6, 6.07) is 7.03. The average Bonchev–Trinajstić information content (AvgIpc) is 2.42. The van der Waals surface area contributed by atoms with E-state index in [-0.39, 0.29) is 10.8 Å². The first-order valence-electron chi connectivity index (χ1n) is 8.12. The molecule has 0 aliphatic rings. The van der Waals surface area contributed by atoms with Crippen molar-refractivity contribution in [1.82, 2.24) is 0 Å². The fourth-order valence-corrected chi connectivity index (χ4v) is 3.85. The first-order chi connectivity index (χ1) is 10.5. The van der Waals surface area contributed by atoms with Gasteiger partial charge in [-0.1, -0.05) is 53.7 Å². The van der Waals surface area contributed by atoms with Crippen molar-refractivity contribution in [3.63, 3.8) is 0 Å². The largest absolute Gasteiger partial charge is 0.294 e. The van der Waals surface area contributed by atoms with Crippen LogP contribution in [0.3, 0.4) is 0 Å². The SMILES string of the molecule is CC(C)c1cc2ccc(S(=O)(=O)O)cc2c(C(C)C)c1C(C)C. The Kier molecular flexibility index (Phi) is 4.88. The van der Waals surface area contributed by atoms with Gasteiger partial charge in [0.15, 0.2) is 0 Å². The maximum atomic E-state index is 11.5. The second kappa shape index (κ2) is 6.25. The third-order valence-corrected chi connectivity index (χ3v) is 5.15. The smallest absolute Gasteiger partial charge is 0.282 e. The molecule has 0 amide bonds. The molecule has 0 heterocycles. The monoisotopic (exact) mass is 334 g/mol. The highest BCUT2D eigenvalue weighted by molar-refractivity contribution is 7.85. The van der Waals surface area contributed by atoms with Crippen LogP contribution < -0.4 is 0 Å². The van der Waals surface area contributed by atoms with Crippen LogP contribution in [0, 0.1) is 0 Å². The van der Waals surface area contributed by atoms with Crippen LogP contribution >= 0.6 is 0 Å². The normalized spacial score (nSPS) is 12.8. The van der Waals surface area contributed by atoms with E-state index < -0.39 is 10.1 Å². The fraction of sp³-hybridized carbons (Fsp3) is 0.474. The zero-order valence-corrected chi connectivity index (χ0v) is 15.5. The highest BCUT2D eigenvalue weighted by Crippen LogP contribution is 2.39. The molecule has 0 bridgehead atoms. The molecule has 2 aromatic carbocycles. The minimum Gasteiger partial charge on any atom is -0.282 e. The van der Waals surface area contributed by atoms with Crippen molar-refractivity contribution < 1.29 is 13.0 Å². The van der Waals surface area contributed by atoms with Gasteiger partial charge in [-0.05, 0) is 57.3 Å². The lowest BCUT2D eigenvalue weighted by molar-refractivity contribution is 0.483. The van der Waals surface area contributed by atoms with Crippen molar-refractivity contribution in [3.05, 3.63) is 41.0 Å². The van der Waals surface area contributed by atoms with Crippen molar-refractivity contribution in [3.8, 4) is 0 Å². The van der Waals surface area contributed by atoms with Crippen LogP contribution in [0.5, 0.6) is 0 Å². The molecule has 0 aliphatic carbocycles. The molecule has 0 spiro atoms. The van der Waals surface area contributed by atoms with Gasteiger partial charge >= 0.3 is 0 Å². The highest BCUT2D eigenvalue weighted by atomic mass is 32.2. The summed E-state index contributed by atoms with van der Waals surface area (Å²) in [5.74, 6) is 1.02. The molecule has 3 nitrogen and oxygen atoms in total. The Morgan fingerprint density at radius 3 is 1.83 bits per heavy atom. The van der Waals surface area contributed by atoms with Gasteiger partial charge < -0.3 is 0 Å². The van der Waals surface area contributed by atoms with E-state index >= 15 is 0 Å². The highest BCUT2D eigenvalue weighted by Gasteiger charge is 2.21. The van der Waals surface area contributed by atoms with Gasteiger partial charge in [-0.15, -0.1) is 0 Å². The first kappa shape index (κ1) is 18.0.